The number of ether oxygens (including phenoxy) is 1. The van der Waals surface area contributed by atoms with E-state index in [4.69, 9.17) is 4.74 Å². The van der Waals surface area contributed by atoms with Gasteiger partial charge in [0, 0.05) is 0 Å². The quantitative estimate of drug-likeness (QED) is 0.463. The van der Waals surface area contributed by atoms with Gasteiger partial charge in [0.1, 0.15) is 5.60 Å². The third-order valence-electron chi connectivity index (χ3n) is 4.87. The van der Waals surface area contributed by atoms with E-state index in [-0.39, 0.29) is 5.92 Å². The number of hydrogen-bond acceptors (Lipinski definition) is 4. The molecule has 0 heterocycles. The second-order valence-electron chi connectivity index (χ2n) is 8.66. The molecule has 30 heavy (non-hydrogen) atoms. The molecule has 1 aliphatic carbocycles. The highest BCUT2D eigenvalue weighted by Crippen LogP contribution is 2.36. The fourth-order valence-corrected chi connectivity index (χ4v) is 4.63. The van der Waals surface area contributed by atoms with Gasteiger partial charge in [-0.1, -0.05) is 30.4 Å². The van der Waals surface area contributed by atoms with Crippen LogP contribution in [0, 0.1) is 0 Å². The summed E-state index contributed by atoms with van der Waals surface area (Å²) in [4.78, 5) is 12.9. The van der Waals surface area contributed by atoms with Crippen LogP contribution in [0.25, 0.3) is 0 Å². The van der Waals surface area contributed by atoms with E-state index in [0.29, 0.717) is 16.9 Å². The molecule has 2 aromatic carbocycles. The normalized spacial score (nSPS) is 16.9. The third-order valence-corrected chi connectivity index (χ3v) is 5.96. The van der Waals surface area contributed by atoms with E-state index in [0.717, 1.165) is 24.8 Å². The lowest BCUT2D eigenvalue weighted by Crippen LogP contribution is -2.26. The van der Waals surface area contributed by atoms with Gasteiger partial charge < -0.3 is 4.74 Å². The van der Waals surface area contributed by atoms with Crippen molar-refractivity contribution in [3.8, 4) is 0 Å². The zero-order valence-electron chi connectivity index (χ0n) is 18.0. The second-order valence-corrected chi connectivity index (χ2v) is 10.5. The Balaban J connectivity index is 2.15. The van der Waals surface area contributed by atoms with Gasteiger partial charge in [-0.2, -0.15) is 0 Å². The molecule has 0 saturated heterocycles. The Morgan fingerprint density at radius 3 is 2.30 bits per heavy atom. The lowest BCUT2D eigenvalue weighted by molar-refractivity contribution is 0.00693. The van der Waals surface area contributed by atoms with E-state index < -0.39 is 21.6 Å². The molecule has 0 aliphatic heterocycles. The summed E-state index contributed by atoms with van der Waals surface area (Å²) in [7, 11) is -3.63. The monoisotopic (exact) mass is 427 g/mol. The van der Waals surface area contributed by atoms with Crippen molar-refractivity contribution in [3.63, 3.8) is 0 Å². The summed E-state index contributed by atoms with van der Waals surface area (Å²) in [5, 5.41) is 0. The van der Waals surface area contributed by atoms with E-state index >= 15 is 0 Å². The van der Waals surface area contributed by atoms with Crippen LogP contribution in [0.2, 0.25) is 0 Å². The molecular formula is C24H29NO4S. The fraction of sp³-hybridized carbons (Fsp3) is 0.375. The molecule has 0 bridgehead atoms. The van der Waals surface area contributed by atoms with Crippen molar-refractivity contribution in [2.45, 2.75) is 51.6 Å². The number of sulfonamides is 1. The first-order valence-corrected chi connectivity index (χ1v) is 12.0. The Hall–Kier alpha value is -2.60. The van der Waals surface area contributed by atoms with Crippen LogP contribution in [0.3, 0.4) is 0 Å². The van der Waals surface area contributed by atoms with Crippen molar-refractivity contribution in [3.05, 3.63) is 71.8 Å². The summed E-state index contributed by atoms with van der Waals surface area (Å²) >= 11 is 0. The molecule has 1 aliphatic rings. The Morgan fingerprint density at radius 1 is 1.03 bits per heavy atom. The van der Waals surface area contributed by atoms with Crippen LogP contribution in [0.1, 0.15) is 61.9 Å². The Kier molecular flexibility index (Phi) is 6.36. The zero-order valence-corrected chi connectivity index (χ0v) is 18.8. The van der Waals surface area contributed by atoms with Gasteiger partial charge in [-0.15, -0.1) is 0 Å². The van der Waals surface area contributed by atoms with E-state index in [1.54, 1.807) is 30.3 Å². The van der Waals surface area contributed by atoms with E-state index in [2.05, 4.69) is 12.2 Å². The molecule has 160 valence electrons. The van der Waals surface area contributed by atoms with E-state index in [1.807, 2.05) is 39.0 Å². The summed E-state index contributed by atoms with van der Waals surface area (Å²) in [5.74, 6) is -0.230. The summed E-state index contributed by atoms with van der Waals surface area (Å²) in [6.07, 6.45) is 8.25. The van der Waals surface area contributed by atoms with E-state index in [9.17, 15) is 13.2 Å². The standard InChI is InChI=1S/C24H29NO4S/c1-24(2,3)29-23(26)20-15-19(18-11-7-5-8-12-18)16-22(17-20)25(30(4,27)28)21-13-9-6-10-14-21/h5-7,9-10,13-18H,8,11-12H2,1-4H3. The van der Waals surface area contributed by atoms with Gasteiger partial charge in [0.2, 0.25) is 10.0 Å². The number of esters is 1. The van der Waals surface area contributed by atoms with Crippen LogP contribution in [0.15, 0.2) is 60.7 Å². The van der Waals surface area contributed by atoms with Crippen molar-refractivity contribution in [2.24, 2.45) is 0 Å². The van der Waals surface area contributed by atoms with Gasteiger partial charge in [-0.05, 0) is 81.8 Å². The average molecular weight is 428 g/mol. The predicted molar refractivity (Wildman–Crippen MR) is 121 cm³/mol. The summed E-state index contributed by atoms with van der Waals surface area (Å²) in [6, 6.07) is 14.2. The predicted octanol–water partition coefficient (Wildman–Crippen LogP) is 5.56. The van der Waals surface area contributed by atoms with Gasteiger partial charge in [-0.25, -0.2) is 17.5 Å². The summed E-state index contributed by atoms with van der Waals surface area (Å²) in [6.45, 7) is 5.44. The Labute approximate surface area is 179 Å². The van der Waals surface area contributed by atoms with Crippen LogP contribution in [0.4, 0.5) is 11.4 Å². The molecule has 0 amide bonds. The van der Waals surface area contributed by atoms with Crippen molar-refractivity contribution < 1.29 is 17.9 Å². The maximum Gasteiger partial charge on any atom is 0.338 e. The highest BCUT2D eigenvalue weighted by Gasteiger charge is 2.25. The first-order valence-electron chi connectivity index (χ1n) is 10.1. The molecule has 2 aromatic rings. The number of allylic oxidation sites excluding steroid dienone is 2. The van der Waals surface area contributed by atoms with Gasteiger partial charge in [0.25, 0.3) is 0 Å². The highest BCUT2D eigenvalue weighted by molar-refractivity contribution is 7.92. The summed E-state index contributed by atoms with van der Waals surface area (Å²) in [5.41, 5.74) is 1.63. The molecule has 0 fully saturated rings. The molecule has 0 aromatic heterocycles. The molecule has 6 heteroatoms. The Morgan fingerprint density at radius 2 is 1.73 bits per heavy atom. The topological polar surface area (TPSA) is 63.7 Å². The first-order chi connectivity index (χ1) is 14.0. The minimum absolute atomic E-state index is 0.230. The number of hydrogen-bond donors (Lipinski definition) is 0. The average Bonchev–Trinajstić information content (AvgIpc) is 2.67. The Bertz CT molecular complexity index is 1040. The van der Waals surface area contributed by atoms with Crippen molar-refractivity contribution in [2.75, 3.05) is 10.6 Å². The first kappa shape index (κ1) is 22.1. The van der Waals surface area contributed by atoms with Crippen LogP contribution in [-0.2, 0) is 14.8 Å². The number of carbonyl (C=O) groups is 1. The number of rotatable bonds is 5. The van der Waals surface area contributed by atoms with Gasteiger partial charge >= 0.3 is 5.97 Å². The highest BCUT2D eigenvalue weighted by atomic mass is 32.2. The lowest BCUT2D eigenvalue weighted by Gasteiger charge is -2.26. The fourth-order valence-electron chi connectivity index (χ4n) is 3.63. The zero-order chi connectivity index (χ0) is 21.9. The molecule has 0 saturated carbocycles. The van der Waals surface area contributed by atoms with Gasteiger partial charge in [-0.3, -0.25) is 0 Å². The number of anilines is 2. The lowest BCUT2D eigenvalue weighted by atomic mass is 9.86. The maximum atomic E-state index is 12.9. The molecule has 3 rings (SSSR count). The van der Waals surface area contributed by atoms with E-state index in [1.165, 1.54) is 10.6 Å². The van der Waals surface area contributed by atoms with Crippen LogP contribution < -0.4 is 4.31 Å². The summed E-state index contributed by atoms with van der Waals surface area (Å²) < 4.78 is 32.3. The number of nitrogens with zero attached hydrogens (tertiary/aromatic N) is 1. The van der Waals surface area contributed by atoms with Gasteiger partial charge in [0.05, 0.1) is 23.2 Å². The second kappa shape index (κ2) is 8.64. The van der Waals surface area contributed by atoms with Crippen LogP contribution in [0.5, 0.6) is 0 Å². The number of carbonyl (C=O) groups excluding carboxylic acids is 1. The van der Waals surface area contributed by atoms with Crippen molar-refractivity contribution in [1.29, 1.82) is 0 Å². The SMILES string of the molecule is CC(C)(C)OC(=O)c1cc(C2CC=CCC2)cc(N(c2ccccc2)S(C)(=O)=O)c1. The largest absolute Gasteiger partial charge is 0.456 e. The minimum atomic E-state index is -3.63. The number of para-hydroxylation sites is 1. The third kappa shape index (κ3) is 5.51. The van der Waals surface area contributed by atoms with Crippen molar-refractivity contribution in [1.82, 2.24) is 0 Å². The van der Waals surface area contributed by atoms with Crippen LogP contribution >= 0.6 is 0 Å². The smallest absolute Gasteiger partial charge is 0.338 e. The molecule has 1 unspecified atom stereocenters. The maximum absolute atomic E-state index is 12.9. The molecule has 0 radical (unpaired) electrons. The molecule has 5 nitrogen and oxygen atoms in total. The molecule has 0 spiro atoms. The molecule has 1 atom stereocenters. The van der Waals surface area contributed by atoms with Gasteiger partial charge in [0.15, 0.2) is 0 Å². The molecular weight excluding hydrogens is 398 g/mol. The molecule has 0 N–H and O–H groups in total. The number of benzene rings is 2. The van der Waals surface area contributed by atoms with Crippen LogP contribution in [-0.4, -0.2) is 26.2 Å². The van der Waals surface area contributed by atoms with Crippen molar-refractivity contribution >= 4 is 27.4 Å². The minimum Gasteiger partial charge on any atom is -0.456 e.